The fraction of sp³-hybridized carbons (Fsp3) is 0.217. The van der Waals surface area contributed by atoms with E-state index in [1.54, 1.807) is 6.21 Å². The van der Waals surface area contributed by atoms with Crippen molar-refractivity contribution in [3.05, 3.63) is 86.1 Å². The Morgan fingerprint density at radius 2 is 1.93 bits per heavy atom. The molecule has 0 saturated carbocycles. The zero-order chi connectivity index (χ0) is 21.7. The maximum absolute atomic E-state index is 12.1. The summed E-state index contributed by atoms with van der Waals surface area (Å²) in [6.45, 7) is 6.18. The normalized spacial score (nSPS) is 11.2. The molecule has 3 rings (SSSR count). The third-order valence-electron chi connectivity index (χ3n) is 4.65. The topological polar surface area (TPSA) is 46.4 Å². The summed E-state index contributed by atoms with van der Waals surface area (Å²) < 4.78 is 3.15. The molecule has 0 unspecified atom stereocenters. The second-order valence-electron chi connectivity index (χ2n) is 6.99. The number of amides is 1. The summed E-state index contributed by atoms with van der Waals surface area (Å²) in [7, 11) is 0. The summed E-state index contributed by atoms with van der Waals surface area (Å²) in [4.78, 5) is 12.1. The highest BCUT2D eigenvalue weighted by Gasteiger charge is 2.15. The van der Waals surface area contributed by atoms with Gasteiger partial charge in [-0.15, -0.1) is 11.8 Å². The van der Waals surface area contributed by atoms with Crippen LogP contribution in [0.15, 0.2) is 58.1 Å². The zero-order valence-corrected chi connectivity index (χ0v) is 20.2. The van der Waals surface area contributed by atoms with Crippen molar-refractivity contribution in [3.8, 4) is 5.69 Å². The molecular weight excluding hydrogens is 482 g/mol. The number of benzene rings is 2. The van der Waals surface area contributed by atoms with E-state index in [0.717, 1.165) is 38.4 Å². The lowest BCUT2D eigenvalue weighted by Crippen LogP contribution is -2.19. The Balaban J connectivity index is 1.62. The molecule has 0 aliphatic carbocycles. The summed E-state index contributed by atoms with van der Waals surface area (Å²) in [5, 5.41) is 4.87. The largest absolute Gasteiger partial charge is 0.317 e. The first-order valence-electron chi connectivity index (χ1n) is 9.45. The number of aryl methyl sites for hydroxylation is 1. The molecule has 0 aliphatic rings. The summed E-state index contributed by atoms with van der Waals surface area (Å²) in [6, 6.07) is 16.0. The predicted molar refractivity (Wildman–Crippen MR) is 131 cm³/mol. The van der Waals surface area contributed by atoms with E-state index in [4.69, 9.17) is 11.6 Å². The second kappa shape index (κ2) is 10.3. The lowest BCUT2D eigenvalue weighted by Gasteiger charge is -2.10. The van der Waals surface area contributed by atoms with Crippen LogP contribution in [0.5, 0.6) is 0 Å². The molecule has 1 N–H and O–H groups in total. The highest BCUT2D eigenvalue weighted by molar-refractivity contribution is 9.10. The fourth-order valence-corrected chi connectivity index (χ4v) is 4.76. The van der Waals surface area contributed by atoms with Crippen molar-refractivity contribution in [1.82, 2.24) is 9.99 Å². The summed E-state index contributed by atoms with van der Waals surface area (Å²) >= 11 is 11.2. The highest BCUT2D eigenvalue weighted by atomic mass is 79.9. The van der Waals surface area contributed by atoms with Gasteiger partial charge in [0.1, 0.15) is 0 Å². The Labute approximate surface area is 194 Å². The lowest BCUT2D eigenvalue weighted by molar-refractivity contribution is -0.118. The minimum atomic E-state index is -0.137. The molecule has 1 aromatic heterocycles. The van der Waals surface area contributed by atoms with Crippen LogP contribution in [0.25, 0.3) is 5.69 Å². The number of aromatic nitrogens is 1. The number of halogens is 2. The van der Waals surface area contributed by atoms with Crippen LogP contribution in [0, 0.1) is 20.8 Å². The first-order valence-corrected chi connectivity index (χ1v) is 11.8. The summed E-state index contributed by atoms with van der Waals surface area (Å²) in [5.41, 5.74) is 9.10. The van der Waals surface area contributed by atoms with E-state index >= 15 is 0 Å². The van der Waals surface area contributed by atoms with Crippen LogP contribution in [0.4, 0.5) is 0 Å². The average molecular weight is 505 g/mol. The maximum atomic E-state index is 12.1. The molecule has 30 heavy (non-hydrogen) atoms. The van der Waals surface area contributed by atoms with E-state index in [1.165, 1.54) is 17.3 Å². The molecule has 0 spiro atoms. The van der Waals surface area contributed by atoms with Crippen LogP contribution >= 0.6 is 39.3 Å². The molecule has 0 bridgehead atoms. The van der Waals surface area contributed by atoms with E-state index in [-0.39, 0.29) is 5.91 Å². The van der Waals surface area contributed by atoms with Gasteiger partial charge in [-0.3, -0.25) is 4.79 Å². The number of hydrogen-bond acceptors (Lipinski definition) is 3. The first-order chi connectivity index (χ1) is 14.4. The van der Waals surface area contributed by atoms with E-state index < -0.39 is 0 Å². The van der Waals surface area contributed by atoms with E-state index in [0.29, 0.717) is 10.8 Å². The van der Waals surface area contributed by atoms with E-state index in [2.05, 4.69) is 63.1 Å². The number of nitrogens with one attached hydrogen (secondary N) is 1. The highest BCUT2D eigenvalue weighted by Crippen LogP contribution is 2.29. The van der Waals surface area contributed by atoms with Gasteiger partial charge in [-0.05, 0) is 72.1 Å². The van der Waals surface area contributed by atoms with Crippen LogP contribution in [-0.2, 0) is 10.5 Å². The number of nitrogens with zero attached hydrogens (tertiary/aromatic N) is 2. The Hall–Kier alpha value is -2.02. The van der Waals surface area contributed by atoms with Crippen molar-refractivity contribution < 1.29 is 4.79 Å². The van der Waals surface area contributed by atoms with Crippen molar-refractivity contribution in [2.24, 2.45) is 5.10 Å². The Kier molecular flexibility index (Phi) is 7.81. The molecule has 0 atom stereocenters. The maximum Gasteiger partial charge on any atom is 0.250 e. The molecule has 0 radical (unpaired) electrons. The number of rotatable bonds is 7. The summed E-state index contributed by atoms with van der Waals surface area (Å²) in [5.74, 6) is 0.913. The van der Waals surface area contributed by atoms with Crippen LogP contribution in [0.1, 0.15) is 28.1 Å². The third-order valence-corrected chi connectivity index (χ3v) is 6.89. The number of carbonyl (C=O) groups excluding carboxylic acids is 1. The van der Waals surface area contributed by atoms with Gasteiger partial charge < -0.3 is 4.57 Å². The fourth-order valence-electron chi connectivity index (χ4n) is 3.22. The standard InChI is InChI=1S/C23H23BrClN3OS/c1-15-6-4-9-20(10-15)28-16(2)21(23(24)17(28)3)12-26-27-22(29)14-30-13-18-7-5-8-19(25)11-18/h4-12H,13-14H2,1-3H3,(H,27,29)/b26-12-. The van der Waals surface area contributed by atoms with E-state index in [9.17, 15) is 4.79 Å². The SMILES string of the molecule is Cc1cccc(-n2c(C)c(Br)c(/C=N\NC(=O)CSCc3cccc(Cl)c3)c2C)c1. The molecule has 1 heterocycles. The quantitative estimate of drug-likeness (QED) is 0.307. The zero-order valence-electron chi connectivity index (χ0n) is 17.1. The van der Waals surface area contributed by atoms with Crippen molar-refractivity contribution in [2.45, 2.75) is 26.5 Å². The molecule has 3 aromatic rings. The van der Waals surface area contributed by atoms with E-state index in [1.807, 2.05) is 37.3 Å². The summed E-state index contributed by atoms with van der Waals surface area (Å²) in [6.07, 6.45) is 1.69. The Bertz CT molecular complexity index is 1090. The smallest absolute Gasteiger partial charge is 0.250 e. The van der Waals surface area contributed by atoms with Gasteiger partial charge in [-0.25, -0.2) is 5.43 Å². The molecule has 7 heteroatoms. The molecular formula is C23H23BrClN3OS. The molecule has 156 valence electrons. The molecule has 4 nitrogen and oxygen atoms in total. The van der Waals surface area contributed by atoms with Gasteiger partial charge in [0.2, 0.25) is 5.91 Å². The molecule has 0 saturated heterocycles. The Morgan fingerprint density at radius 3 is 2.67 bits per heavy atom. The van der Waals surface area contributed by atoms with Gasteiger partial charge >= 0.3 is 0 Å². The first kappa shape index (κ1) is 22.7. The predicted octanol–water partition coefficient (Wildman–Crippen LogP) is 6.20. The van der Waals surface area contributed by atoms with Crippen molar-refractivity contribution >= 4 is 51.4 Å². The monoisotopic (exact) mass is 503 g/mol. The van der Waals surface area contributed by atoms with Crippen LogP contribution in [0.3, 0.4) is 0 Å². The number of hydrogen-bond donors (Lipinski definition) is 1. The van der Waals surface area contributed by atoms with Gasteiger partial charge in [0.05, 0.1) is 12.0 Å². The second-order valence-corrected chi connectivity index (χ2v) is 9.20. The molecule has 0 fully saturated rings. The van der Waals surface area contributed by atoms with Crippen molar-refractivity contribution in [1.29, 1.82) is 0 Å². The van der Waals surface area contributed by atoms with Crippen LogP contribution in [-0.4, -0.2) is 22.4 Å². The van der Waals surface area contributed by atoms with Gasteiger partial charge in [0.25, 0.3) is 0 Å². The van der Waals surface area contributed by atoms with Crippen LogP contribution < -0.4 is 5.43 Å². The minimum Gasteiger partial charge on any atom is -0.317 e. The van der Waals surface area contributed by atoms with Gasteiger partial charge in [-0.1, -0.05) is 35.9 Å². The number of hydrazone groups is 1. The molecule has 2 aromatic carbocycles. The Morgan fingerprint density at radius 1 is 1.17 bits per heavy atom. The van der Waals surface area contributed by atoms with Crippen molar-refractivity contribution in [3.63, 3.8) is 0 Å². The minimum absolute atomic E-state index is 0.137. The van der Waals surface area contributed by atoms with Gasteiger partial charge in [-0.2, -0.15) is 5.10 Å². The van der Waals surface area contributed by atoms with Crippen molar-refractivity contribution in [2.75, 3.05) is 5.75 Å². The number of thioether (sulfide) groups is 1. The van der Waals surface area contributed by atoms with Crippen LogP contribution in [0.2, 0.25) is 5.02 Å². The lowest BCUT2D eigenvalue weighted by atomic mass is 10.2. The molecule has 0 aliphatic heterocycles. The average Bonchev–Trinajstić information content (AvgIpc) is 2.91. The van der Waals surface area contributed by atoms with Gasteiger partial charge in [0, 0.05) is 37.9 Å². The van der Waals surface area contributed by atoms with Gasteiger partial charge in [0.15, 0.2) is 0 Å². The number of carbonyl (C=O) groups is 1. The molecule has 1 amide bonds. The third kappa shape index (κ3) is 5.56.